The van der Waals surface area contributed by atoms with E-state index >= 15 is 0 Å². The number of aromatic nitrogens is 4. The molecule has 3 rings (SSSR count). The van der Waals surface area contributed by atoms with Gasteiger partial charge >= 0.3 is 0 Å². The Hall–Kier alpha value is -1.98. The Morgan fingerprint density at radius 2 is 2.44 bits per heavy atom. The predicted molar refractivity (Wildman–Crippen MR) is 56.2 cm³/mol. The van der Waals surface area contributed by atoms with Gasteiger partial charge in [0, 0.05) is 6.42 Å². The molecule has 1 aliphatic rings. The summed E-state index contributed by atoms with van der Waals surface area (Å²) in [7, 11) is 0. The number of Topliss-reactive ketones (excluding diaryl/α,β-unsaturated/α-hetero) is 1. The number of imidazole rings is 1. The molecule has 0 spiro atoms. The van der Waals surface area contributed by atoms with Crippen LogP contribution in [0, 0.1) is 0 Å². The van der Waals surface area contributed by atoms with Crippen LogP contribution >= 0.6 is 0 Å². The summed E-state index contributed by atoms with van der Waals surface area (Å²) in [6, 6.07) is -0.359. The van der Waals surface area contributed by atoms with E-state index in [1.807, 2.05) is 0 Å². The van der Waals surface area contributed by atoms with Crippen molar-refractivity contribution in [1.29, 1.82) is 0 Å². The van der Waals surface area contributed by atoms with Crippen molar-refractivity contribution in [2.24, 2.45) is 0 Å². The molecule has 0 amide bonds. The van der Waals surface area contributed by atoms with Crippen LogP contribution in [0.4, 0.5) is 0 Å². The Morgan fingerprint density at radius 1 is 1.62 bits per heavy atom. The molecule has 0 radical (unpaired) electrons. The van der Waals surface area contributed by atoms with E-state index in [0.717, 1.165) is 0 Å². The summed E-state index contributed by atoms with van der Waals surface area (Å²) in [5.41, 5.74) is 0.604. The number of carbonyl (C=O) groups excluding carboxylic acids is 1. The van der Waals surface area contributed by atoms with Crippen molar-refractivity contribution in [3.05, 3.63) is 22.5 Å². The second-order valence-electron chi connectivity index (χ2n) is 3.97. The van der Waals surface area contributed by atoms with Gasteiger partial charge in [-0.05, 0) is 13.3 Å². The molecular weight excluding hydrogens is 208 g/mol. The molecule has 0 bridgehead atoms. The highest BCUT2D eigenvalue weighted by Gasteiger charge is 2.29. The summed E-state index contributed by atoms with van der Waals surface area (Å²) in [5.74, 6) is 0.659. The van der Waals surface area contributed by atoms with Crippen LogP contribution in [0.25, 0.3) is 11.2 Å². The minimum atomic E-state index is -0.359. The number of hydrogen-bond acceptors (Lipinski definition) is 4. The van der Waals surface area contributed by atoms with Crippen LogP contribution in [0.2, 0.25) is 0 Å². The Kier molecular flexibility index (Phi) is 1.74. The second kappa shape index (κ2) is 3.01. The van der Waals surface area contributed by atoms with Crippen molar-refractivity contribution in [2.45, 2.75) is 25.8 Å². The lowest BCUT2D eigenvalue weighted by molar-refractivity contribution is -0.119. The third-order valence-electron chi connectivity index (χ3n) is 2.99. The molecule has 1 N–H and O–H groups in total. The van der Waals surface area contributed by atoms with Gasteiger partial charge in [-0.15, -0.1) is 0 Å². The number of nitrogens with zero attached hydrogens (tertiary/aromatic N) is 3. The molecule has 1 atom stereocenters. The van der Waals surface area contributed by atoms with Crippen molar-refractivity contribution < 1.29 is 4.79 Å². The van der Waals surface area contributed by atoms with Crippen LogP contribution in [0.15, 0.2) is 11.1 Å². The van der Waals surface area contributed by atoms with Crippen molar-refractivity contribution in [2.75, 3.05) is 0 Å². The van der Waals surface area contributed by atoms with Crippen molar-refractivity contribution in [3.63, 3.8) is 0 Å². The van der Waals surface area contributed by atoms with E-state index in [2.05, 4.69) is 15.0 Å². The van der Waals surface area contributed by atoms with Crippen LogP contribution in [0.5, 0.6) is 0 Å². The summed E-state index contributed by atoms with van der Waals surface area (Å²) < 4.78 is 1.49. The molecule has 16 heavy (non-hydrogen) atoms. The number of carbonyl (C=O) groups is 1. The Bertz CT molecular complexity index is 640. The fourth-order valence-corrected chi connectivity index (χ4v) is 2.22. The first-order valence-electron chi connectivity index (χ1n) is 5.13. The highest BCUT2D eigenvalue weighted by molar-refractivity contribution is 5.81. The van der Waals surface area contributed by atoms with E-state index in [-0.39, 0.29) is 17.4 Å². The van der Waals surface area contributed by atoms with Gasteiger partial charge in [0.05, 0.1) is 12.4 Å². The van der Waals surface area contributed by atoms with Crippen molar-refractivity contribution >= 4 is 16.9 Å². The molecule has 6 nitrogen and oxygen atoms in total. The van der Waals surface area contributed by atoms with Crippen molar-refractivity contribution in [3.8, 4) is 0 Å². The van der Waals surface area contributed by atoms with E-state index in [1.54, 1.807) is 0 Å². The van der Waals surface area contributed by atoms with Gasteiger partial charge in [-0.2, -0.15) is 0 Å². The summed E-state index contributed by atoms with van der Waals surface area (Å²) in [5, 5.41) is 0. The molecule has 0 aromatic carbocycles. The van der Waals surface area contributed by atoms with Crippen LogP contribution in [-0.2, 0) is 11.2 Å². The average molecular weight is 218 g/mol. The molecule has 82 valence electrons. The van der Waals surface area contributed by atoms with Gasteiger partial charge in [0.2, 0.25) is 0 Å². The number of fused-ring (bicyclic) bond motifs is 2. The van der Waals surface area contributed by atoms with Crippen LogP contribution in [0.1, 0.15) is 25.2 Å². The molecule has 0 aliphatic carbocycles. The highest BCUT2D eigenvalue weighted by Crippen LogP contribution is 2.23. The Labute approximate surface area is 90.3 Å². The molecule has 2 aromatic heterocycles. The number of nitrogens with one attached hydrogen (secondary N) is 1. The maximum absolute atomic E-state index is 12.1. The van der Waals surface area contributed by atoms with Crippen LogP contribution in [-0.4, -0.2) is 25.3 Å². The normalized spacial score (nSPS) is 18.9. The van der Waals surface area contributed by atoms with E-state index in [0.29, 0.717) is 29.8 Å². The molecule has 0 saturated carbocycles. The monoisotopic (exact) mass is 218 g/mol. The zero-order chi connectivity index (χ0) is 11.3. The first-order chi connectivity index (χ1) is 7.68. The SMILES string of the molecule is CC(=O)C1CCc2nc3nc[nH]c3c(=O)n21. The summed E-state index contributed by atoms with van der Waals surface area (Å²) in [4.78, 5) is 34.5. The van der Waals surface area contributed by atoms with Gasteiger partial charge in [-0.25, -0.2) is 9.97 Å². The molecule has 6 heteroatoms. The minimum Gasteiger partial charge on any atom is -0.339 e. The number of rotatable bonds is 1. The zero-order valence-electron chi connectivity index (χ0n) is 8.73. The molecule has 1 unspecified atom stereocenters. The maximum Gasteiger partial charge on any atom is 0.280 e. The topological polar surface area (TPSA) is 80.6 Å². The number of aromatic amines is 1. The number of H-pyrrole nitrogens is 1. The van der Waals surface area contributed by atoms with E-state index in [9.17, 15) is 9.59 Å². The van der Waals surface area contributed by atoms with Gasteiger partial charge in [-0.3, -0.25) is 14.2 Å². The first-order valence-corrected chi connectivity index (χ1v) is 5.13. The van der Waals surface area contributed by atoms with Gasteiger partial charge < -0.3 is 4.98 Å². The number of ketones is 1. The zero-order valence-corrected chi connectivity index (χ0v) is 8.73. The maximum atomic E-state index is 12.1. The standard InChI is InChI=1S/C10H10N4O2/c1-5(15)6-2-3-7-13-9-8(11-4-12-9)10(16)14(6)7/h4,6H,2-3H2,1H3,(H,11,12). The smallest absolute Gasteiger partial charge is 0.280 e. The minimum absolute atomic E-state index is 0.00140. The fourth-order valence-electron chi connectivity index (χ4n) is 2.22. The molecule has 0 fully saturated rings. The largest absolute Gasteiger partial charge is 0.339 e. The van der Waals surface area contributed by atoms with Gasteiger partial charge in [0.15, 0.2) is 16.9 Å². The highest BCUT2D eigenvalue weighted by atomic mass is 16.1. The van der Waals surface area contributed by atoms with Gasteiger partial charge in [-0.1, -0.05) is 0 Å². The predicted octanol–water partition coefficient (Wildman–Crippen LogP) is 0.196. The van der Waals surface area contributed by atoms with E-state index < -0.39 is 0 Å². The Balaban J connectivity index is 2.36. The van der Waals surface area contributed by atoms with Gasteiger partial charge in [0.1, 0.15) is 5.82 Å². The molecular formula is C10H10N4O2. The first kappa shape index (κ1) is 9.26. The molecule has 0 saturated heterocycles. The lowest BCUT2D eigenvalue weighted by Gasteiger charge is -2.09. The average Bonchev–Trinajstić information content (AvgIpc) is 2.83. The van der Waals surface area contributed by atoms with E-state index in [4.69, 9.17) is 0 Å². The Morgan fingerprint density at radius 3 is 3.19 bits per heavy atom. The lowest BCUT2D eigenvalue weighted by atomic mass is 10.1. The quantitative estimate of drug-likeness (QED) is 0.741. The third kappa shape index (κ3) is 1.07. The van der Waals surface area contributed by atoms with Crippen LogP contribution < -0.4 is 5.56 Å². The van der Waals surface area contributed by atoms with Crippen molar-refractivity contribution in [1.82, 2.24) is 19.5 Å². The summed E-state index contributed by atoms with van der Waals surface area (Å²) in [6.07, 6.45) is 2.75. The summed E-state index contributed by atoms with van der Waals surface area (Å²) in [6.45, 7) is 1.50. The fraction of sp³-hybridized carbons (Fsp3) is 0.400. The van der Waals surface area contributed by atoms with E-state index in [1.165, 1.54) is 17.8 Å². The third-order valence-corrected chi connectivity index (χ3v) is 2.99. The number of aryl methyl sites for hydroxylation is 1. The molecule has 1 aliphatic heterocycles. The molecule has 3 heterocycles. The van der Waals surface area contributed by atoms with Gasteiger partial charge in [0.25, 0.3) is 5.56 Å². The van der Waals surface area contributed by atoms with Crippen LogP contribution in [0.3, 0.4) is 0 Å². The number of hydrogen-bond donors (Lipinski definition) is 1. The lowest BCUT2D eigenvalue weighted by Crippen LogP contribution is -2.27. The summed E-state index contributed by atoms with van der Waals surface area (Å²) >= 11 is 0. The second-order valence-corrected chi connectivity index (χ2v) is 3.97. The molecule has 2 aromatic rings.